The number of hydrogen-bond acceptors (Lipinski definition) is 4. The van der Waals surface area contributed by atoms with Gasteiger partial charge in [-0.25, -0.2) is 0 Å². The largest absolute Gasteiger partial charge is 0.370 e. The van der Waals surface area contributed by atoms with Crippen LogP contribution in [0.1, 0.15) is 18.4 Å². The van der Waals surface area contributed by atoms with Crippen LogP contribution in [0.3, 0.4) is 0 Å². The summed E-state index contributed by atoms with van der Waals surface area (Å²) in [4.78, 5) is 24.9. The summed E-state index contributed by atoms with van der Waals surface area (Å²) in [5.74, 6) is 0.00959. The van der Waals surface area contributed by atoms with Gasteiger partial charge in [0.05, 0.1) is 6.61 Å². The standard InChI is InChI=1S/C15H21N3O3/c16-7-9-21-11-14(19)17-10-12-3-5-13(6-4-12)18-8-1-2-15(18)20/h3-6H,1-2,7-11,16H2,(H,17,19). The highest BCUT2D eigenvalue weighted by molar-refractivity contribution is 5.95. The zero-order valence-corrected chi connectivity index (χ0v) is 12.0. The maximum Gasteiger partial charge on any atom is 0.246 e. The highest BCUT2D eigenvalue weighted by atomic mass is 16.5. The smallest absolute Gasteiger partial charge is 0.246 e. The van der Waals surface area contributed by atoms with Gasteiger partial charge < -0.3 is 20.7 Å². The van der Waals surface area contributed by atoms with Crippen LogP contribution in [0.5, 0.6) is 0 Å². The zero-order chi connectivity index (χ0) is 15.1. The van der Waals surface area contributed by atoms with E-state index in [0.717, 1.165) is 24.2 Å². The van der Waals surface area contributed by atoms with Gasteiger partial charge in [-0.05, 0) is 24.1 Å². The van der Waals surface area contributed by atoms with E-state index in [-0.39, 0.29) is 18.4 Å². The van der Waals surface area contributed by atoms with Crippen molar-refractivity contribution >= 4 is 17.5 Å². The Morgan fingerprint density at radius 1 is 1.33 bits per heavy atom. The van der Waals surface area contributed by atoms with Crippen LogP contribution in [0.25, 0.3) is 0 Å². The van der Waals surface area contributed by atoms with E-state index in [1.54, 1.807) is 4.90 Å². The molecule has 0 bridgehead atoms. The van der Waals surface area contributed by atoms with E-state index < -0.39 is 0 Å². The van der Waals surface area contributed by atoms with Crippen molar-refractivity contribution in [2.24, 2.45) is 5.73 Å². The predicted octanol–water partition coefficient (Wildman–Crippen LogP) is 0.405. The summed E-state index contributed by atoms with van der Waals surface area (Å²) in [6.45, 7) is 2.04. The number of nitrogens with two attached hydrogens (primary N) is 1. The molecule has 2 amide bonds. The summed E-state index contributed by atoms with van der Waals surface area (Å²) in [6, 6.07) is 7.66. The number of rotatable bonds is 7. The number of amides is 2. The monoisotopic (exact) mass is 291 g/mol. The highest BCUT2D eigenvalue weighted by Gasteiger charge is 2.21. The van der Waals surface area contributed by atoms with Crippen molar-refractivity contribution in [3.63, 3.8) is 0 Å². The van der Waals surface area contributed by atoms with E-state index in [1.165, 1.54) is 0 Å². The number of nitrogens with zero attached hydrogens (tertiary/aromatic N) is 1. The van der Waals surface area contributed by atoms with Crippen LogP contribution in [-0.4, -0.2) is 38.1 Å². The SMILES string of the molecule is NCCOCC(=O)NCc1ccc(N2CCCC2=O)cc1. The molecule has 0 atom stereocenters. The Morgan fingerprint density at radius 3 is 2.71 bits per heavy atom. The Labute approximate surface area is 124 Å². The second-order valence-electron chi connectivity index (χ2n) is 4.93. The van der Waals surface area contributed by atoms with E-state index in [9.17, 15) is 9.59 Å². The number of hydrogen-bond donors (Lipinski definition) is 2. The summed E-state index contributed by atoms with van der Waals surface area (Å²) in [5.41, 5.74) is 7.17. The van der Waals surface area contributed by atoms with Crippen molar-refractivity contribution < 1.29 is 14.3 Å². The fourth-order valence-corrected chi connectivity index (χ4v) is 2.21. The second kappa shape index (κ2) is 7.75. The van der Waals surface area contributed by atoms with Crippen LogP contribution in [0.15, 0.2) is 24.3 Å². The van der Waals surface area contributed by atoms with Crippen LogP contribution in [0, 0.1) is 0 Å². The molecule has 1 aliphatic rings. The second-order valence-corrected chi connectivity index (χ2v) is 4.93. The van der Waals surface area contributed by atoms with Crippen molar-refractivity contribution in [3.05, 3.63) is 29.8 Å². The lowest BCUT2D eigenvalue weighted by atomic mass is 10.2. The number of carbonyl (C=O) groups is 2. The molecule has 0 aliphatic carbocycles. The van der Waals surface area contributed by atoms with Gasteiger partial charge in [0.15, 0.2) is 0 Å². The molecule has 1 aromatic carbocycles. The molecule has 1 aliphatic heterocycles. The lowest BCUT2D eigenvalue weighted by Crippen LogP contribution is -2.28. The van der Waals surface area contributed by atoms with Crippen molar-refractivity contribution in [1.29, 1.82) is 0 Å². The third-order valence-electron chi connectivity index (χ3n) is 3.31. The molecule has 0 aromatic heterocycles. The first-order valence-corrected chi connectivity index (χ1v) is 7.14. The van der Waals surface area contributed by atoms with Crippen molar-refractivity contribution in [2.75, 3.05) is 31.2 Å². The van der Waals surface area contributed by atoms with Crippen LogP contribution >= 0.6 is 0 Å². The van der Waals surface area contributed by atoms with Crippen LogP contribution < -0.4 is 16.0 Å². The molecule has 0 radical (unpaired) electrons. The average Bonchev–Trinajstić information content (AvgIpc) is 2.92. The fourth-order valence-electron chi connectivity index (χ4n) is 2.21. The van der Waals surface area contributed by atoms with Crippen molar-refractivity contribution in [3.8, 4) is 0 Å². The highest BCUT2D eigenvalue weighted by Crippen LogP contribution is 2.21. The molecule has 3 N–H and O–H groups in total. The summed E-state index contributed by atoms with van der Waals surface area (Å²) >= 11 is 0. The molecule has 1 fully saturated rings. The number of anilines is 1. The third kappa shape index (κ3) is 4.54. The molecule has 1 saturated heterocycles. The lowest BCUT2D eigenvalue weighted by molar-refractivity contribution is -0.125. The first-order valence-electron chi connectivity index (χ1n) is 7.14. The molecule has 6 heteroatoms. The molecule has 0 spiro atoms. The third-order valence-corrected chi connectivity index (χ3v) is 3.31. The minimum Gasteiger partial charge on any atom is -0.370 e. The van der Waals surface area contributed by atoms with Crippen LogP contribution in [-0.2, 0) is 20.9 Å². The molecule has 114 valence electrons. The number of benzene rings is 1. The first kappa shape index (κ1) is 15.5. The Bertz CT molecular complexity index is 487. The van der Waals surface area contributed by atoms with Gasteiger partial charge in [-0.2, -0.15) is 0 Å². The maximum atomic E-state index is 11.6. The number of ether oxygens (including phenoxy) is 1. The van der Waals surface area contributed by atoms with E-state index in [1.807, 2.05) is 24.3 Å². The van der Waals surface area contributed by atoms with Crippen molar-refractivity contribution in [2.45, 2.75) is 19.4 Å². The number of nitrogens with one attached hydrogen (secondary N) is 1. The Balaban J connectivity index is 1.80. The van der Waals surface area contributed by atoms with E-state index in [0.29, 0.717) is 26.1 Å². The summed E-state index contributed by atoms with van der Waals surface area (Å²) in [5, 5.41) is 2.77. The number of carbonyl (C=O) groups excluding carboxylic acids is 2. The fraction of sp³-hybridized carbons (Fsp3) is 0.467. The minimum absolute atomic E-state index is 0.0254. The molecule has 2 rings (SSSR count). The van der Waals surface area contributed by atoms with Gasteiger partial charge in [0.1, 0.15) is 6.61 Å². The van der Waals surface area contributed by atoms with E-state index >= 15 is 0 Å². The van der Waals surface area contributed by atoms with Crippen molar-refractivity contribution in [1.82, 2.24) is 5.32 Å². The van der Waals surface area contributed by atoms with Gasteiger partial charge in [-0.15, -0.1) is 0 Å². The van der Waals surface area contributed by atoms with E-state index in [2.05, 4.69) is 5.32 Å². The molecule has 1 aromatic rings. The van der Waals surface area contributed by atoms with Gasteiger partial charge in [0.2, 0.25) is 11.8 Å². The molecule has 6 nitrogen and oxygen atoms in total. The zero-order valence-electron chi connectivity index (χ0n) is 12.0. The summed E-state index contributed by atoms with van der Waals surface area (Å²) in [7, 11) is 0. The van der Waals surface area contributed by atoms with Gasteiger partial charge in [0.25, 0.3) is 0 Å². The molecular weight excluding hydrogens is 270 g/mol. The average molecular weight is 291 g/mol. The maximum absolute atomic E-state index is 11.6. The summed E-state index contributed by atoms with van der Waals surface area (Å²) in [6.07, 6.45) is 1.54. The predicted molar refractivity (Wildman–Crippen MR) is 79.7 cm³/mol. The molecular formula is C15H21N3O3. The quantitative estimate of drug-likeness (QED) is 0.712. The van der Waals surface area contributed by atoms with Crippen LogP contribution in [0.4, 0.5) is 5.69 Å². The van der Waals surface area contributed by atoms with Gasteiger partial charge in [-0.1, -0.05) is 12.1 Å². The molecule has 21 heavy (non-hydrogen) atoms. The van der Waals surface area contributed by atoms with Crippen LogP contribution in [0.2, 0.25) is 0 Å². The normalized spacial score (nSPS) is 14.5. The topological polar surface area (TPSA) is 84.7 Å². The lowest BCUT2D eigenvalue weighted by Gasteiger charge is -2.16. The Kier molecular flexibility index (Phi) is 5.71. The molecule has 0 unspecified atom stereocenters. The molecule has 1 heterocycles. The summed E-state index contributed by atoms with van der Waals surface area (Å²) < 4.78 is 5.05. The van der Waals surface area contributed by atoms with Gasteiger partial charge >= 0.3 is 0 Å². The van der Waals surface area contributed by atoms with Gasteiger partial charge in [0, 0.05) is 31.7 Å². The Hall–Kier alpha value is -1.92. The van der Waals surface area contributed by atoms with E-state index in [4.69, 9.17) is 10.5 Å². The molecule has 0 saturated carbocycles. The minimum atomic E-state index is -0.165. The first-order chi connectivity index (χ1) is 10.2. The van der Waals surface area contributed by atoms with Gasteiger partial charge in [-0.3, -0.25) is 9.59 Å². The Morgan fingerprint density at radius 2 is 2.10 bits per heavy atom.